The van der Waals surface area contributed by atoms with Crippen LogP contribution in [0, 0.1) is 6.92 Å². The van der Waals surface area contributed by atoms with Gasteiger partial charge in [0.25, 0.3) is 0 Å². The molecule has 2 N–H and O–H groups in total. The number of benzene rings is 2. The van der Waals surface area contributed by atoms with Crippen LogP contribution in [0.1, 0.15) is 18.1 Å². The van der Waals surface area contributed by atoms with Crippen molar-refractivity contribution in [2.45, 2.75) is 20.3 Å². The van der Waals surface area contributed by atoms with Crippen molar-refractivity contribution in [2.24, 2.45) is 4.99 Å². The number of anilines is 1. The van der Waals surface area contributed by atoms with Crippen LogP contribution in [0.2, 0.25) is 0 Å². The van der Waals surface area contributed by atoms with Gasteiger partial charge in [0.2, 0.25) is 0 Å². The maximum absolute atomic E-state index is 12.5. The smallest absolute Gasteiger partial charge is 0.344 e. The van der Waals surface area contributed by atoms with Crippen molar-refractivity contribution in [1.29, 1.82) is 0 Å². The number of nitrogens with two attached hydrogens (primary N) is 1. The summed E-state index contributed by atoms with van der Waals surface area (Å²) < 4.78 is 5.50. The lowest BCUT2D eigenvalue weighted by Gasteiger charge is -2.12. The number of aryl methyl sites for hydroxylation is 2. The van der Waals surface area contributed by atoms with Gasteiger partial charge in [0.15, 0.2) is 0 Å². The molecule has 1 heterocycles. The fraction of sp³-hybridized carbons (Fsp3) is 0.158. The van der Waals surface area contributed by atoms with Crippen LogP contribution in [-0.4, -0.2) is 5.16 Å². The second kappa shape index (κ2) is 6.40. The molecule has 0 aliphatic rings. The summed E-state index contributed by atoms with van der Waals surface area (Å²) in [5, 5.41) is 3.12. The van der Waals surface area contributed by atoms with Gasteiger partial charge in [-0.2, -0.15) is 4.99 Å². The fourth-order valence-electron chi connectivity index (χ4n) is 2.94. The zero-order valence-corrected chi connectivity index (χ0v) is 14.2. The van der Waals surface area contributed by atoms with E-state index in [4.69, 9.17) is 10.2 Å². The quantitative estimate of drug-likeness (QED) is 0.327. The summed E-state index contributed by atoms with van der Waals surface area (Å²) in [5.74, 6) is 0. The number of hydrogen-bond donors (Lipinski definition) is 1. The molecule has 0 fully saturated rings. The van der Waals surface area contributed by atoms with Crippen molar-refractivity contribution in [3.05, 3.63) is 57.9 Å². The number of nitrogens with zero attached hydrogens (tertiary/aromatic N) is 1. The monoisotopic (exact) mass is 336 g/mol. The van der Waals surface area contributed by atoms with Gasteiger partial charge in [-0.25, -0.2) is 4.79 Å². The van der Waals surface area contributed by atoms with E-state index in [9.17, 15) is 4.79 Å². The Labute approximate surface area is 144 Å². The summed E-state index contributed by atoms with van der Waals surface area (Å²) in [4.78, 5) is 16.4. The Balaban J connectivity index is 2.30. The highest BCUT2D eigenvalue weighted by Crippen LogP contribution is 2.33. The van der Waals surface area contributed by atoms with E-state index >= 15 is 0 Å². The minimum atomic E-state index is -0.380. The normalized spacial score (nSPS) is 10.6. The lowest BCUT2D eigenvalue weighted by molar-refractivity contribution is 0.562. The number of fused-ring (bicyclic) bond motifs is 1. The Hall–Kier alpha value is -2.75. The summed E-state index contributed by atoms with van der Waals surface area (Å²) in [6, 6.07) is 10.9. The lowest BCUT2D eigenvalue weighted by Crippen LogP contribution is -2.07. The number of nitrogen functional groups attached to an aromatic ring is 1. The molecular formula is C19H16N2O2S. The van der Waals surface area contributed by atoms with Crippen molar-refractivity contribution >= 4 is 39.7 Å². The highest BCUT2D eigenvalue weighted by molar-refractivity contribution is 7.78. The molecule has 0 radical (unpaired) electrons. The number of hydrogen-bond acceptors (Lipinski definition) is 5. The van der Waals surface area contributed by atoms with Crippen molar-refractivity contribution in [1.82, 2.24) is 0 Å². The van der Waals surface area contributed by atoms with Gasteiger partial charge in [0, 0.05) is 11.1 Å². The molecule has 1 aromatic heterocycles. The molecule has 3 rings (SSSR count). The van der Waals surface area contributed by atoms with Crippen LogP contribution < -0.4 is 11.4 Å². The number of rotatable bonds is 3. The Bertz CT molecular complexity index is 1030. The SMILES string of the molecule is CCc1ccc2oc(=O)c(-c3ccc(N=C=S)cc3)c(C)c2c1N. The molecule has 0 saturated heterocycles. The predicted molar refractivity (Wildman–Crippen MR) is 101 cm³/mol. The van der Waals surface area contributed by atoms with E-state index in [1.165, 1.54) is 0 Å². The molecule has 0 aliphatic heterocycles. The number of aliphatic imine (C=N–C) groups is 1. The highest BCUT2D eigenvalue weighted by Gasteiger charge is 2.16. The van der Waals surface area contributed by atoms with Crippen molar-refractivity contribution in [3.63, 3.8) is 0 Å². The van der Waals surface area contributed by atoms with Gasteiger partial charge in [-0.1, -0.05) is 25.1 Å². The molecule has 0 aliphatic carbocycles. The Morgan fingerprint density at radius 1 is 1.21 bits per heavy atom. The maximum Gasteiger partial charge on any atom is 0.344 e. The van der Waals surface area contributed by atoms with Gasteiger partial charge < -0.3 is 10.2 Å². The molecule has 0 unspecified atom stereocenters. The maximum atomic E-state index is 12.5. The molecule has 120 valence electrons. The third-order valence-corrected chi connectivity index (χ3v) is 4.26. The van der Waals surface area contributed by atoms with E-state index in [1.54, 1.807) is 18.2 Å². The summed E-state index contributed by atoms with van der Waals surface area (Å²) in [7, 11) is 0. The summed E-state index contributed by atoms with van der Waals surface area (Å²) in [6.07, 6.45) is 0.819. The van der Waals surface area contributed by atoms with Gasteiger partial charge in [-0.15, -0.1) is 0 Å². The molecule has 5 heteroatoms. The van der Waals surface area contributed by atoms with E-state index < -0.39 is 0 Å². The third kappa shape index (κ3) is 2.64. The van der Waals surface area contributed by atoms with Crippen LogP contribution in [0.15, 0.2) is 50.6 Å². The average Bonchev–Trinajstić information content (AvgIpc) is 2.56. The molecule has 0 atom stereocenters. The molecule has 0 amide bonds. The second-order valence-electron chi connectivity index (χ2n) is 5.50. The van der Waals surface area contributed by atoms with Crippen LogP contribution in [0.4, 0.5) is 11.4 Å². The molecule has 0 spiro atoms. The van der Waals surface area contributed by atoms with E-state index in [1.807, 2.05) is 32.0 Å². The van der Waals surface area contributed by atoms with Crippen molar-refractivity contribution < 1.29 is 4.42 Å². The molecule has 0 saturated carbocycles. The second-order valence-corrected chi connectivity index (χ2v) is 5.69. The molecule has 3 aromatic rings. The largest absolute Gasteiger partial charge is 0.422 e. The highest BCUT2D eigenvalue weighted by atomic mass is 32.1. The first kappa shape index (κ1) is 16.1. The third-order valence-electron chi connectivity index (χ3n) is 4.17. The zero-order chi connectivity index (χ0) is 17.3. The molecule has 24 heavy (non-hydrogen) atoms. The summed E-state index contributed by atoms with van der Waals surface area (Å²) >= 11 is 4.60. The topological polar surface area (TPSA) is 68.6 Å². The molecule has 2 aromatic carbocycles. The first-order chi connectivity index (χ1) is 11.6. The zero-order valence-electron chi connectivity index (χ0n) is 13.4. The Morgan fingerprint density at radius 3 is 2.54 bits per heavy atom. The minimum Gasteiger partial charge on any atom is -0.422 e. The van der Waals surface area contributed by atoms with Crippen LogP contribution in [0.25, 0.3) is 22.1 Å². The summed E-state index contributed by atoms with van der Waals surface area (Å²) in [5.41, 5.74) is 10.9. The van der Waals surface area contributed by atoms with Crippen LogP contribution in [-0.2, 0) is 6.42 Å². The van der Waals surface area contributed by atoms with E-state index in [0.717, 1.165) is 28.5 Å². The van der Waals surface area contributed by atoms with Gasteiger partial charge >= 0.3 is 5.63 Å². The first-order valence-electron chi connectivity index (χ1n) is 7.60. The minimum absolute atomic E-state index is 0.380. The molecule has 4 nitrogen and oxygen atoms in total. The van der Waals surface area contributed by atoms with E-state index in [-0.39, 0.29) is 5.63 Å². The van der Waals surface area contributed by atoms with Crippen LogP contribution >= 0.6 is 12.2 Å². The standard InChI is InChI=1S/C19H16N2O2S/c1-3-12-6-9-15-17(18(12)20)11(2)16(19(22)23-15)13-4-7-14(8-5-13)21-10-24/h4-9H,3,20H2,1-2H3. The molecular weight excluding hydrogens is 320 g/mol. The number of thiocarbonyl (C=S) groups is 1. The Kier molecular flexibility index (Phi) is 4.30. The van der Waals surface area contributed by atoms with Crippen LogP contribution in [0.3, 0.4) is 0 Å². The molecule has 0 bridgehead atoms. The lowest BCUT2D eigenvalue weighted by atomic mass is 9.96. The van der Waals surface area contributed by atoms with Gasteiger partial charge in [0.05, 0.1) is 16.4 Å². The Morgan fingerprint density at radius 2 is 1.92 bits per heavy atom. The van der Waals surface area contributed by atoms with Gasteiger partial charge in [-0.3, -0.25) is 0 Å². The predicted octanol–water partition coefficient (Wildman–Crippen LogP) is 4.65. The van der Waals surface area contributed by atoms with Crippen molar-refractivity contribution in [3.8, 4) is 11.1 Å². The van der Waals surface area contributed by atoms with E-state index in [0.29, 0.717) is 22.5 Å². The van der Waals surface area contributed by atoms with Gasteiger partial charge in [-0.05, 0) is 60.5 Å². The van der Waals surface area contributed by atoms with Gasteiger partial charge in [0.1, 0.15) is 5.58 Å². The number of isothiocyanates is 1. The first-order valence-corrected chi connectivity index (χ1v) is 8.00. The summed E-state index contributed by atoms with van der Waals surface area (Å²) in [6.45, 7) is 3.94. The van der Waals surface area contributed by atoms with Crippen LogP contribution in [0.5, 0.6) is 0 Å². The average molecular weight is 336 g/mol. The fourth-order valence-corrected chi connectivity index (χ4v) is 3.05. The van der Waals surface area contributed by atoms with E-state index in [2.05, 4.69) is 22.4 Å². The van der Waals surface area contributed by atoms with Crippen molar-refractivity contribution in [2.75, 3.05) is 5.73 Å².